The number of pyridine rings is 1. The number of sulfonamides is 1. The third kappa shape index (κ3) is 4.44. The fraction of sp³-hybridized carbons (Fsp3) is 0.444. The van der Waals surface area contributed by atoms with Gasteiger partial charge in [0.15, 0.2) is 0 Å². The molecule has 0 radical (unpaired) electrons. The molecule has 1 aliphatic rings. The Kier molecular flexibility index (Phi) is 7.35. The van der Waals surface area contributed by atoms with E-state index in [0.717, 1.165) is 10.9 Å². The van der Waals surface area contributed by atoms with Gasteiger partial charge >= 0.3 is 0 Å². The molecule has 1 saturated heterocycles. The highest BCUT2D eigenvalue weighted by Gasteiger charge is 2.32. The van der Waals surface area contributed by atoms with Crippen molar-refractivity contribution in [2.45, 2.75) is 17.9 Å². The molecule has 1 fully saturated rings. The average Bonchev–Trinajstić information content (AvgIpc) is 2.67. The summed E-state index contributed by atoms with van der Waals surface area (Å²) in [4.78, 5) is 18.4. The first-order valence-corrected chi connectivity index (χ1v) is 10.2. The molecule has 28 heavy (non-hydrogen) atoms. The predicted octanol–water partition coefficient (Wildman–Crippen LogP) is 0.772. The summed E-state index contributed by atoms with van der Waals surface area (Å²) in [6.45, 7) is 3.09. The summed E-state index contributed by atoms with van der Waals surface area (Å²) in [6.07, 6.45) is 1.66. The van der Waals surface area contributed by atoms with E-state index in [-0.39, 0.29) is 42.9 Å². The van der Waals surface area contributed by atoms with Crippen LogP contribution >= 0.6 is 12.4 Å². The maximum atomic E-state index is 13.1. The lowest BCUT2D eigenvalue weighted by molar-refractivity contribution is -0.134. The monoisotopic (exact) mass is 428 g/mol. The highest BCUT2D eigenvalue weighted by Crippen LogP contribution is 2.25. The van der Waals surface area contributed by atoms with Crippen molar-refractivity contribution in [1.29, 1.82) is 0 Å². The number of ether oxygens (including phenoxy) is 1. The number of carbonyl (C=O) groups is 1. The van der Waals surface area contributed by atoms with E-state index in [0.29, 0.717) is 18.6 Å². The number of halogens is 1. The van der Waals surface area contributed by atoms with Crippen LogP contribution in [0.3, 0.4) is 0 Å². The van der Waals surface area contributed by atoms with Gasteiger partial charge in [0, 0.05) is 44.9 Å². The van der Waals surface area contributed by atoms with Gasteiger partial charge in [0.1, 0.15) is 10.9 Å². The molecule has 1 aliphatic heterocycles. The summed E-state index contributed by atoms with van der Waals surface area (Å²) in [6, 6.07) is 6.33. The highest BCUT2D eigenvalue weighted by molar-refractivity contribution is 7.89. The van der Waals surface area contributed by atoms with Gasteiger partial charge in [0.2, 0.25) is 15.9 Å². The van der Waals surface area contributed by atoms with Gasteiger partial charge in [-0.1, -0.05) is 12.1 Å². The second-order valence-electron chi connectivity index (χ2n) is 6.63. The molecule has 1 unspecified atom stereocenters. The van der Waals surface area contributed by atoms with Crippen LogP contribution in [-0.2, 0) is 19.6 Å². The molecule has 0 spiro atoms. The number of hydrogen-bond acceptors (Lipinski definition) is 6. The normalized spacial score (nSPS) is 16.6. The van der Waals surface area contributed by atoms with Crippen molar-refractivity contribution in [3.8, 4) is 0 Å². The first-order chi connectivity index (χ1) is 12.8. The second-order valence-corrected chi connectivity index (χ2v) is 8.54. The average molecular weight is 429 g/mol. The molecule has 2 heterocycles. The van der Waals surface area contributed by atoms with Crippen molar-refractivity contribution in [3.63, 3.8) is 0 Å². The molecular formula is C18H25ClN4O4S. The Hall–Kier alpha value is -1.78. The van der Waals surface area contributed by atoms with E-state index in [9.17, 15) is 13.2 Å². The molecule has 1 aromatic carbocycles. The molecule has 3 rings (SSSR count). The lowest BCUT2D eigenvalue weighted by Gasteiger charge is -2.35. The SMILES string of the molecule is COCC(N)C(=O)N1CCN(S(=O)(=O)c2cccc3cc(C)cnc23)CC1.Cl. The number of fused-ring (bicyclic) bond motifs is 1. The summed E-state index contributed by atoms with van der Waals surface area (Å²) < 4.78 is 32.6. The summed E-state index contributed by atoms with van der Waals surface area (Å²) in [7, 11) is -2.22. The lowest BCUT2D eigenvalue weighted by Crippen LogP contribution is -2.55. The number of carbonyl (C=O) groups excluding carboxylic acids is 1. The van der Waals surface area contributed by atoms with Crippen molar-refractivity contribution < 1.29 is 17.9 Å². The van der Waals surface area contributed by atoms with Crippen molar-refractivity contribution in [1.82, 2.24) is 14.2 Å². The molecule has 1 aromatic heterocycles. The van der Waals surface area contributed by atoms with Gasteiger partial charge in [0.05, 0.1) is 12.1 Å². The third-order valence-electron chi connectivity index (χ3n) is 4.64. The Bertz CT molecular complexity index is 946. The number of aryl methyl sites for hydroxylation is 1. The van der Waals surface area contributed by atoms with Gasteiger partial charge in [-0.2, -0.15) is 4.31 Å². The summed E-state index contributed by atoms with van der Waals surface area (Å²) in [5, 5.41) is 0.787. The standard InChI is InChI=1S/C18H24N4O4S.ClH/c1-13-10-14-4-3-5-16(17(14)20-11-13)27(24,25)22-8-6-21(7-9-22)18(23)15(19)12-26-2;/h3-5,10-11,15H,6-9,12,19H2,1-2H3;1H. The van der Waals surface area contributed by atoms with Crippen molar-refractivity contribution in [2.75, 3.05) is 39.9 Å². The number of nitrogens with zero attached hydrogens (tertiary/aromatic N) is 3. The van der Waals surface area contributed by atoms with Gasteiger partial charge in [-0.3, -0.25) is 9.78 Å². The van der Waals surface area contributed by atoms with Gasteiger partial charge in [-0.15, -0.1) is 12.4 Å². The van der Waals surface area contributed by atoms with Crippen LogP contribution in [0.5, 0.6) is 0 Å². The zero-order chi connectivity index (χ0) is 19.6. The number of methoxy groups -OCH3 is 1. The molecule has 1 atom stereocenters. The van der Waals surface area contributed by atoms with Crippen LogP contribution in [0.15, 0.2) is 35.4 Å². The first kappa shape index (κ1) is 22.5. The molecule has 0 bridgehead atoms. The van der Waals surface area contributed by atoms with Gasteiger partial charge in [-0.25, -0.2) is 8.42 Å². The van der Waals surface area contributed by atoms with Crippen LogP contribution in [0.4, 0.5) is 0 Å². The summed E-state index contributed by atoms with van der Waals surface area (Å²) in [5.41, 5.74) is 7.22. The van der Waals surface area contributed by atoms with Crippen molar-refractivity contribution in [3.05, 3.63) is 36.0 Å². The van der Waals surface area contributed by atoms with E-state index in [2.05, 4.69) is 4.98 Å². The molecule has 1 amide bonds. The Labute approximate surface area is 171 Å². The van der Waals surface area contributed by atoms with Crippen molar-refractivity contribution in [2.24, 2.45) is 5.73 Å². The number of para-hydroxylation sites is 1. The number of amides is 1. The Morgan fingerprint density at radius 3 is 2.61 bits per heavy atom. The molecule has 0 aliphatic carbocycles. The molecule has 8 nitrogen and oxygen atoms in total. The number of piperazine rings is 1. The third-order valence-corrected chi connectivity index (χ3v) is 6.57. The minimum atomic E-state index is -3.70. The fourth-order valence-corrected chi connectivity index (χ4v) is 4.81. The Balaban J connectivity index is 0.00000280. The second kappa shape index (κ2) is 9.15. The van der Waals surface area contributed by atoms with E-state index >= 15 is 0 Å². The number of nitrogens with two attached hydrogens (primary N) is 1. The molecular weight excluding hydrogens is 404 g/mol. The number of aromatic nitrogens is 1. The van der Waals surface area contributed by atoms with Crippen molar-refractivity contribution >= 4 is 39.2 Å². The van der Waals surface area contributed by atoms with E-state index in [4.69, 9.17) is 10.5 Å². The van der Waals surface area contributed by atoms with E-state index in [1.54, 1.807) is 23.2 Å². The number of hydrogen-bond donors (Lipinski definition) is 1. The molecule has 0 saturated carbocycles. The van der Waals surface area contributed by atoms with Crippen LogP contribution in [0, 0.1) is 6.92 Å². The number of benzene rings is 1. The van der Waals surface area contributed by atoms with Crippen LogP contribution in [0.25, 0.3) is 10.9 Å². The zero-order valence-electron chi connectivity index (χ0n) is 15.9. The Morgan fingerprint density at radius 2 is 1.96 bits per heavy atom. The molecule has 10 heteroatoms. The van der Waals surface area contributed by atoms with E-state index in [1.165, 1.54) is 11.4 Å². The van der Waals surface area contributed by atoms with Gasteiger partial charge in [-0.05, 0) is 24.6 Å². The van der Waals surface area contributed by atoms with Crippen LogP contribution in [-0.4, -0.2) is 74.5 Å². The first-order valence-electron chi connectivity index (χ1n) is 8.73. The van der Waals surface area contributed by atoms with Crippen LogP contribution in [0.2, 0.25) is 0 Å². The predicted molar refractivity (Wildman–Crippen MR) is 109 cm³/mol. The lowest BCUT2D eigenvalue weighted by atomic mass is 10.2. The molecule has 2 aromatic rings. The number of rotatable bonds is 5. The molecule has 154 valence electrons. The highest BCUT2D eigenvalue weighted by atomic mass is 35.5. The Morgan fingerprint density at radius 1 is 1.29 bits per heavy atom. The van der Waals surface area contributed by atoms with E-state index in [1.807, 2.05) is 19.1 Å². The zero-order valence-corrected chi connectivity index (χ0v) is 17.5. The van der Waals surface area contributed by atoms with Gasteiger partial charge < -0.3 is 15.4 Å². The summed E-state index contributed by atoms with van der Waals surface area (Å²) >= 11 is 0. The summed E-state index contributed by atoms with van der Waals surface area (Å²) in [5.74, 6) is -0.226. The molecule has 2 N–H and O–H groups in total. The maximum Gasteiger partial charge on any atom is 0.245 e. The van der Waals surface area contributed by atoms with Crippen LogP contribution < -0.4 is 5.73 Å². The van der Waals surface area contributed by atoms with Gasteiger partial charge in [0.25, 0.3) is 0 Å². The largest absolute Gasteiger partial charge is 0.383 e. The van der Waals surface area contributed by atoms with E-state index < -0.39 is 16.1 Å². The van der Waals surface area contributed by atoms with Crippen LogP contribution in [0.1, 0.15) is 5.56 Å². The quantitative estimate of drug-likeness (QED) is 0.754. The minimum absolute atomic E-state index is 0. The minimum Gasteiger partial charge on any atom is -0.383 e. The smallest absolute Gasteiger partial charge is 0.245 e. The maximum absolute atomic E-state index is 13.1. The fourth-order valence-electron chi connectivity index (χ4n) is 3.22. The topological polar surface area (TPSA) is 106 Å².